The Morgan fingerprint density at radius 2 is 1.30 bits per heavy atom. The molecule has 0 spiro atoms. The van der Waals surface area contributed by atoms with E-state index in [1.54, 1.807) is 13.0 Å². The van der Waals surface area contributed by atoms with Gasteiger partial charge in [0.05, 0.1) is 52.9 Å². The molecule has 1 aromatic carbocycles. The fourth-order valence-electron chi connectivity index (χ4n) is 8.18. The molecule has 6 rings (SSSR count). The van der Waals surface area contributed by atoms with Crippen LogP contribution in [-0.2, 0) is 49.1 Å². The summed E-state index contributed by atoms with van der Waals surface area (Å²) < 4.78 is 59.7. The summed E-state index contributed by atoms with van der Waals surface area (Å²) in [5.41, 5.74) is 0.957. The normalized spacial score (nSPS) is 29.4. The molecule has 0 bridgehead atoms. The van der Waals surface area contributed by atoms with Gasteiger partial charge < -0.3 is 119 Å². The third-order valence-electron chi connectivity index (χ3n) is 12.4. The van der Waals surface area contributed by atoms with Crippen molar-refractivity contribution < 1.29 is 117 Å². The van der Waals surface area contributed by atoms with Crippen LogP contribution in [0.3, 0.4) is 0 Å². The molecule has 0 aliphatic carbocycles. The van der Waals surface area contributed by atoms with E-state index in [2.05, 4.69) is 31.2 Å². The monoisotopic (exact) mass is 1100 g/mol. The number of aromatic nitrogens is 3. The summed E-state index contributed by atoms with van der Waals surface area (Å²) in [6, 6.07) is 8.90. The van der Waals surface area contributed by atoms with Gasteiger partial charge in [0.1, 0.15) is 91.4 Å². The number of aliphatic hydroxyl groups is 10. The van der Waals surface area contributed by atoms with Crippen LogP contribution in [0, 0.1) is 6.92 Å². The number of amides is 3. The van der Waals surface area contributed by atoms with Gasteiger partial charge in [-0.3, -0.25) is 9.59 Å². The highest BCUT2D eigenvalue weighted by atomic mass is 16.7. The van der Waals surface area contributed by atoms with Gasteiger partial charge in [0.2, 0.25) is 17.6 Å². The minimum Gasteiger partial charge on any atom is -0.494 e. The Morgan fingerprint density at radius 1 is 0.623 bits per heavy atom. The summed E-state index contributed by atoms with van der Waals surface area (Å²) in [6.07, 6.45) is -24.2. The maximum absolute atomic E-state index is 12.8. The molecule has 3 saturated heterocycles. The van der Waals surface area contributed by atoms with E-state index in [0.29, 0.717) is 61.9 Å². The van der Waals surface area contributed by atoms with Gasteiger partial charge in [-0.05, 0) is 43.5 Å². The number of rotatable bonds is 30. The lowest BCUT2D eigenvalue weighted by atomic mass is 9.95. The first-order valence-electron chi connectivity index (χ1n) is 25.1. The van der Waals surface area contributed by atoms with Crippen LogP contribution < -0.4 is 20.7 Å². The standard InChI is InChI=1S/C47H70N6O24/c1-24-50-42(53-76-24)25-8-10-26(11-9-25)69-14-5-6-27-20-28(52-77-27)43(65)48-13-15-67-16-17-68-18-19-70-47(66)49-12-4-2-3-7-32(57)51-44-37(62)36(61)40(31(23-56)71-44)74-46-39(64)41(34(59)30(22-55)73-46)75-45-38(63)35(60)33(58)29(21-54)72-45/h8-11,20,29-31,33-41,44-46,54-56,58-64H,2-7,12-19,21-23H2,1H3,(H,48,65)(H,49,66)(H,51,57)/t29-,30-,31-,33+,34+,35+,36-,37-,38-,39-,40-,41-,44-,45-,46+/m1/s1. The van der Waals surface area contributed by atoms with Crippen LogP contribution in [0.25, 0.3) is 11.4 Å². The highest BCUT2D eigenvalue weighted by Crippen LogP contribution is 2.32. The lowest BCUT2D eigenvalue weighted by Crippen LogP contribution is -2.67. The molecule has 30 nitrogen and oxygen atoms in total. The molecule has 3 aromatic rings. The number of carbonyl (C=O) groups excluding carboxylic acids is 3. The van der Waals surface area contributed by atoms with Crippen LogP contribution in [-0.4, -0.2) is 249 Å². The van der Waals surface area contributed by atoms with Crippen LogP contribution in [0.4, 0.5) is 4.79 Å². The Labute approximate surface area is 440 Å². The maximum atomic E-state index is 12.8. The molecule has 0 unspecified atom stereocenters. The highest BCUT2D eigenvalue weighted by Gasteiger charge is 2.53. The van der Waals surface area contributed by atoms with Crippen LogP contribution in [0.1, 0.15) is 54.2 Å². The van der Waals surface area contributed by atoms with Gasteiger partial charge in [-0.15, -0.1) is 0 Å². The van der Waals surface area contributed by atoms with Crippen molar-refractivity contribution in [1.82, 2.24) is 31.2 Å². The smallest absolute Gasteiger partial charge is 0.407 e. The fraction of sp³-hybridized carbons (Fsp3) is 0.702. The molecule has 3 aliphatic heterocycles. The zero-order valence-corrected chi connectivity index (χ0v) is 42.1. The van der Waals surface area contributed by atoms with Crippen molar-refractivity contribution in [2.75, 3.05) is 72.6 Å². The van der Waals surface area contributed by atoms with Gasteiger partial charge in [0, 0.05) is 44.5 Å². The second kappa shape index (κ2) is 30.9. The predicted octanol–water partition coefficient (Wildman–Crippen LogP) is -4.34. The van der Waals surface area contributed by atoms with E-state index < -0.39 is 130 Å². The molecule has 3 amide bonds. The molecule has 30 heteroatoms. The Balaban J connectivity index is 0.757. The van der Waals surface area contributed by atoms with E-state index in [9.17, 15) is 65.4 Å². The molecule has 2 aromatic heterocycles. The molecular weight excluding hydrogens is 1030 g/mol. The summed E-state index contributed by atoms with van der Waals surface area (Å²) in [4.78, 5) is 41.5. The minimum absolute atomic E-state index is 0.0196. The van der Waals surface area contributed by atoms with Crippen LogP contribution in [0.2, 0.25) is 0 Å². The summed E-state index contributed by atoms with van der Waals surface area (Å²) in [5.74, 6) is 1.23. The van der Waals surface area contributed by atoms with Gasteiger partial charge in [-0.25, -0.2) is 4.79 Å². The van der Waals surface area contributed by atoms with Gasteiger partial charge in [0.25, 0.3) is 5.91 Å². The summed E-state index contributed by atoms with van der Waals surface area (Å²) >= 11 is 0. The third-order valence-corrected chi connectivity index (χ3v) is 12.4. The summed E-state index contributed by atoms with van der Waals surface area (Å²) in [6.45, 7) is 0.880. The van der Waals surface area contributed by atoms with E-state index in [-0.39, 0.29) is 58.2 Å². The average molecular weight is 1100 g/mol. The molecule has 0 saturated carbocycles. The SMILES string of the molecule is Cc1nc(-c2ccc(OCCCc3cc(C(=O)NCCOCCOCCOC(=O)NCCCCCC(=O)N[C@@H]4O[C@H](CO)[C@@H](O[C@@H]5O[C@H](CO)[C@H](O)[C@@H](O[C@H]6O[C@H](CO)[C@H](O)[C@H](O)[C@H]6O)[C@H]5O)[C@H](O)[C@H]4O)no3)cc2)no1. The van der Waals surface area contributed by atoms with Crippen molar-refractivity contribution >= 4 is 17.9 Å². The molecule has 5 heterocycles. The van der Waals surface area contributed by atoms with E-state index in [0.717, 1.165) is 5.56 Å². The first-order chi connectivity index (χ1) is 37.1. The van der Waals surface area contributed by atoms with Crippen molar-refractivity contribution in [3.63, 3.8) is 0 Å². The number of benzene rings is 1. The second-order valence-corrected chi connectivity index (χ2v) is 18.1. The number of ether oxygens (including phenoxy) is 9. The molecule has 77 heavy (non-hydrogen) atoms. The number of nitrogens with one attached hydrogen (secondary N) is 3. The Hall–Kier alpha value is -5.10. The number of aliphatic hydroxyl groups excluding tert-OH is 10. The molecule has 3 aliphatic rings. The number of hydrogen-bond acceptors (Lipinski definition) is 27. The lowest BCUT2D eigenvalue weighted by molar-refractivity contribution is -0.374. The van der Waals surface area contributed by atoms with E-state index in [4.69, 9.17) is 51.7 Å². The van der Waals surface area contributed by atoms with E-state index >= 15 is 0 Å². The number of aryl methyl sites for hydroxylation is 2. The lowest BCUT2D eigenvalue weighted by Gasteiger charge is -2.48. The number of carbonyl (C=O) groups is 3. The number of alkyl carbamates (subject to hydrolysis) is 1. The largest absolute Gasteiger partial charge is 0.494 e. The number of hydrogen-bond donors (Lipinski definition) is 13. The van der Waals surface area contributed by atoms with Gasteiger partial charge in [0.15, 0.2) is 24.5 Å². The Morgan fingerprint density at radius 3 is 2.00 bits per heavy atom. The van der Waals surface area contributed by atoms with Crippen LogP contribution in [0.15, 0.2) is 39.4 Å². The molecule has 13 N–H and O–H groups in total. The third kappa shape index (κ3) is 17.7. The van der Waals surface area contributed by atoms with Crippen LogP contribution >= 0.6 is 0 Å². The maximum Gasteiger partial charge on any atom is 0.407 e. The molecule has 0 radical (unpaired) electrons. The highest BCUT2D eigenvalue weighted by molar-refractivity contribution is 5.92. The summed E-state index contributed by atoms with van der Waals surface area (Å²) in [5, 5.41) is 120. The van der Waals surface area contributed by atoms with Gasteiger partial charge >= 0.3 is 6.09 Å². The minimum atomic E-state index is -1.98. The average Bonchev–Trinajstić information content (AvgIpc) is 4.10. The molecule has 15 atom stereocenters. The summed E-state index contributed by atoms with van der Waals surface area (Å²) in [7, 11) is 0. The zero-order chi connectivity index (χ0) is 55.4. The molecular formula is C47H70N6O24. The Kier molecular flexibility index (Phi) is 24.5. The molecule has 432 valence electrons. The fourth-order valence-corrected chi connectivity index (χ4v) is 8.18. The van der Waals surface area contributed by atoms with E-state index in [1.165, 1.54) is 0 Å². The zero-order valence-electron chi connectivity index (χ0n) is 42.1. The number of unbranched alkanes of at least 4 members (excludes halogenated alkanes) is 2. The van der Waals surface area contributed by atoms with Gasteiger partial charge in [-0.2, -0.15) is 4.98 Å². The van der Waals surface area contributed by atoms with Crippen molar-refractivity contribution in [2.45, 2.75) is 138 Å². The van der Waals surface area contributed by atoms with Crippen molar-refractivity contribution in [1.29, 1.82) is 0 Å². The first-order valence-corrected chi connectivity index (χ1v) is 25.1. The van der Waals surface area contributed by atoms with Crippen molar-refractivity contribution in [3.8, 4) is 17.1 Å². The second-order valence-electron chi connectivity index (χ2n) is 18.1. The van der Waals surface area contributed by atoms with Crippen LogP contribution in [0.5, 0.6) is 5.75 Å². The molecule has 3 fully saturated rings. The first kappa shape index (κ1) is 61.1. The predicted molar refractivity (Wildman–Crippen MR) is 254 cm³/mol. The topological polar surface area (TPSA) is 438 Å². The van der Waals surface area contributed by atoms with Gasteiger partial charge in [-0.1, -0.05) is 16.7 Å². The quantitative estimate of drug-likeness (QED) is 0.0281. The van der Waals surface area contributed by atoms with Crippen molar-refractivity contribution in [2.24, 2.45) is 0 Å². The van der Waals surface area contributed by atoms with Crippen molar-refractivity contribution in [3.05, 3.63) is 47.7 Å². The Bertz CT molecular complexity index is 2220. The van der Waals surface area contributed by atoms with E-state index in [1.807, 2.05) is 24.3 Å². The number of nitrogens with zero attached hydrogens (tertiary/aromatic N) is 3.